The number of hydrogen-bond donors (Lipinski definition) is 1. The van der Waals surface area contributed by atoms with Crippen LogP contribution in [-0.4, -0.2) is 20.5 Å². The van der Waals surface area contributed by atoms with E-state index >= 15 is 0 Å². The molecule has 8 heteroatoms. The lowest BCUT2D eigenvalue weighted by Gasteiger charge is -2.28. The fourth-order valence-corrected chi connectivity index (χ4v) is 3.06. The zero-order valence-electron chi connectivity index (χ0n) is 11.0. The quantitative estimate of drug-likeness (QED) is 0.694. The van der Waals surface area contributed by atoms with Gasteiger partial charge in [-0.2, -0.15) is 5.26 Å². The Bertz CT molecular complexity index is 619. The van der Waals surface area contributed by atoms with E-state index in [1.165, 1.54) is 32.0 Å². The van der Waals surface area contributed by atoms with Gasteiger partial charge in [-0.05, 0) is 63.9 Å². The summed E-state index contributed by atoms with van der Waals surface area (Å²) >= 11 is 17.6. The first-order chi connectivity index (χ1) is 9.49. The number of nitrogens with zero attached hydrogens (tertiary/aromatic N) is 1. The van der Waals surface area contributed by atoms with Gasteiger partial charge in [0.05, 0.1) is 5.54 Å². The van der Waals surface area contributed by atoms with Crippen LogP contribution in [0.4, 0.5) is 0 Å². The highest BCUT2D eigenvalue weighted by Crippen LogP contribution is 2.31. The highest BCUT2D eigenvalue weighted by molar-refractivity contribution is 9.26. The molecule has 21 heavy (non-hydrogen) atoms. The zero-order valence-corrected chi connectivity index (χ0v) is 15.7. The Morgan fingerprint density at radius 1 is 1.19 bits per heavy atom. The third kappa shape index (κ3) is 4.68. The van der Waals surface area contributed by atoms with Crippen LogP contribution in [-0.2, 0) is 4.79 Å². The van der Waals surface area contributed by atoms with Gasteiger partial charge in [0.25, 0.3) is 5.91 Å². The summed E-state index contributed by atoms with van der Waals surface area (Å²) in [6.45, 7) is 2.99. The van der Waals surface area contributed by atoms with Crippen LogP contribution in [0.25, 0.3) is 0 Å². The first kappa shape index (κ1) is 18.4. The molecule has 0 heterocycles. The van der Waals surface area contributed by atoms with Crippen molar-refractivity contribution in [2.45, 2.75) is 22.6 Å². The number of alkyl halides is 2. The molecule has 0 radical (unpaired) electrons. The SMILES string of the molecule is CC(C)(NC(=O)c1cc(Cl)cc(Cl)c1)C(=O)C(Br)(Br)C#N. The number of Topliss-reactive ketones (excluding diaryl/α,β-unsaturated/α-hetero) is 1. The van der Waals surface area contributed by atoms with Crippen LogP contribution in [0.5, 0.6) is 0 Å². The van der Waals surface area contributed by atoms with Crippen LogP contribution >= 0.6 is 55.1 Å². The minimum absolute atomic E-state index is 0.222. The molecule has 1 aromatic rings. The van der Waals surface area contributed by atoms with Gasteiger partial charge in [0, 0.05) is 15.6 Å². The maximum Gasteiger partial charge on any atom is 0.252 e. The number of nitrogens with one attached hydrogen (secondary N) is 1. The Morgan fingerprint density at radius 3 is 2.10 bits per heavy atom. The van der Waals surface area contributed by atoms with E-state index in [9.17, 15) is 9.59 Å². The van der Waals surface area contributed by atoms with E-state index < -0.39 is 20.5 Å². The molecule has 0 spiro atoms. The fourth-order valence-electron chi connectivity index (χ4n) is 1.54. The average Bonchev–Trinajstić information content (AvgIpc) is 2.36. The summed E-state index contributed by atoms with van der Waals surface area (Å²) in [6.07, 6.45) is 0. The van der Waals surface area contributed by atoms with E-state index in [0.717, 1.165) is 0 Å². The van der Waals surface area contributed by atoms with E-state index in [1.807, 2.05) is 0 Å². The zero-order chi connectivity index (χ0) is 16.4. The normalized spacial score (nSPS) is 11.7. The van der Waals surface area contributed by atoms with Crippen molar-refractivity contribution in [1.29, 1.82) is 5.26 Å². The van der Waals surface area contributed by atoms with Crippen molar-refractivity contribution >= 4 is 66.8 Å². The van der Waals surface area contributed by atoms with Gasteiger partial charge in [-0.15, -0.1) is 0 Å². The number of ketones is 1. The van der Waals surface area contributed by atoms with Gasteiger partial charge in [-0.1, -0.05) is 23.2 Å². The van der Waals surface area contributed by atoms with Crippen LogP contribution < -0.4 is 5.32 Å². The van der Waals surface area contributed by atoms with Crippen LogP contribution in [0.3, 0.4) is 0 Å². The molecule has 0 aromatic heterocycles. The number of carbonyl (C=O) groups excluding carboxylic acids is 2. The Kier molecular flexibility index (Phi) is 5.84. The van der Waals surface area contributed by atoms with Crippen LogP contribution in [0.2, 0.25) is 10.0 Å². The second-order valence-electron chi connectivity index (χ2n) is 4.75. The summed E-state index contributed by atoms with van der Waals surface area (Å²) in [7, 11) is 0. The minimum atomic E-state index is -1.57. The standard InChI is InChI=1S/C13H10Br2Cl2N2O2/c1-12(2,11(21)13(14,15)6-18)19-10(20)7-3-8(16)5-9(17)4-7/h3-5H,1-2H3,(H,19,20). The van der Waals surface area contributed by atoms with E-state index in [0.29, 0.717) is 10.0 Å². The first-order valence-electron chi connectivity index (χ1n) is 5.62. The van der Waals surface area contributed by atoms with E-state index in [-0.39, 0.29) is 5.56 Å². The largest absolute Gasteiger partial charge is 0.340 e. The van der Waals surface area contributed by atoms with Gasteiger partial charge < -0.3 is 5.32 Å². The van der Waals surface area contributed by atoms with Gasteiger partial charge >= 0.3 is 0 Å². The lowest BCUT2D eigenvalue weighted by Crippen LogP contribution is -2.54. The number of amides is 1. The summed E-state index contributed by atoms with van der Waals surface area (Å²) < 4.78 is -1.57. The van der Waals surface area contributed by atoms with Crippen LogP contribution in [0, 0.1) is 11.3 Å². The molecule has 0 aliphatic carbocycles. The topological polar surface area (TPSA) is 70.0 Å². The molecule has 1 rings (SSSR count). The number of hydrogen-bond acceptors (Lipinski definition) is 3. The molecule has 0 aliphatic heterocycles. The third-order valence-corrected chi connectivity index (χ3v) is 4.06. The Balaban J connectivity index is 3.01. The minimum Gasteiger partial charge on any atom is -0.340 e. The van der Waals surface area contributed by atoms with Crippen molar-refractivity contribution in [3.63, 3.8) is 0 Å². The molecular formula is C13H10Br2Cl2N2O2. The molecule has 0 fully saturated rings. The molecule has 112 valence electrons. The molecule has 0 bridgehead atoms. The summed E-state index contributed by atoms with van der Waals surface area (Å²) in [5.74, 6) is -1.06. The van der Waals surface area contributed by atoms with Crippen molar-refractivity contribution < 1.29 is 9.59 Å². The number of carbonyl (C=O) groups is 2. The van der Waals surface area contributed by atoms with Crippen LogP contribution in [0.15, 0.2) is 18.2 Å². The van der Waals surface area contributed by atoms with Crippen molar-refractivity contribution in [3.8, 4) is 6.07 Å². The molecule has 4 nitrogen and oxygen atoms in total. The number of rotatable bonds is 4. The molecule has 1 amide bonds. The molecule has 1 N–H and O–H groups in total. The lowest BCUT2D eigenvalue weighted by atomic mass is 9.96. The molecular weight excluding hydrogens is 447 g/mol. The number of halogens is 4. The molecule has 0 atom stereocenters. The van der Waals surface area contributed by atoms with Gasteiger partial charge in [-0.3, -0.25) is 9.59 Å². The second kappa shape index (κ2) is 6.66. The Hall–Kier alpha value is -0.610. The smallest absolute Gasteiger partial charge is 0.252 e. The Labute approximate surface area is 149 Å². The predicted octanol–water partition coefficient (Wildman–Crippen LogP) is 4.08. The van der Waals surface area contributed by atoms with E-state index in [2.05, 4.69) is 37.2 Å². The van der Waals surface area contributed by atoms with Crippen molar-refractivity contribution in [2.75, 3.05) is 0 Å². The average molecular weight is 457 g/mol. The molecule has 0 unspecified atom stereocenters. The number of benzene rings is 1. The highest BCUT2D eigenvalue weighted by Gasteiger charge is 2.43. The van der Waals surface area contributed by atoms with Gasteiger partial charge in [-0.25, -0.2) is 0 Å². The van der Waals surface area contributed by atoms with Gasteiger partial charge in [0.1, 0.15) is 6.07 Å². The summed E-state index contributed by atoms with van der Waals surface area (Å²) in [5.41, 5.74) is -1.06. The monoisotopic (exact) mass is 454 g/mol. The Morgan fingerprint density at radius 2 is 1.67 bits per heavy atom. The maximum absolute atomic E-state index is 12.2. The maximum atomic E-state index is 12.2. The molecule has 0 saturated heterocycles. The predicted molar refractivity (Wildman–Crippen MR) is 89.2 cm³/mol. The van der Waals surface area contributed by atoms with Crippen molar-refractivity contribution in [2.24, 2.45) is 0 Å². The second-order valence-corrected chi connectivity index (χ2v) is 9.07. The summed E-state index contributed by atoms with van der Waals surface area (Å²) in [6, 6.07) is 6.13. The lowest BCUT2D eigenvalue weighted by molar-refractivity contribution is -0.123. The fraction of sp³-hybridized carbons (Fsp3) is 0.308. The number of nitriles is 1. The molecule has 0 saturated carbocycles. The van der Waals surface area contributed by atoms with Crippen molar-refractivity contribution in [1.82, 2.24) is 5.32 Å². The van der Waals surface area contributed by atoms with Gasteiger partial charge in [0.15, 0.2) is 5.78 Å². The molecule has 0 aliphatic rings. The summed E-state index contributed by atoms with van der Waals surface area (Å²) in [4.78, 5) is 24.4. The first-order valence-corrected chi connectivity index (χ1v) is 7.96. The van der Waals surface area contributed by atoms with Gasteiger partial charge in [0.2, 0.25) is 3.23 Å². The van der Waals surface area contributed by atoms with Crippen LogP contribution in [0.1, 0.15) is 24.2 Å². The van der Waals surface area contributed by atoms with E-state index in [1.54, 1.807) is 6.07 Å². The third-order valence-electron chi connectivity index (χ3n) is 2.54. The molecule has 1 aromatic carbocycles. The summed E-state index contributed by atoms with van der Waals surface area (Å²) in [5, 5.41) is 12.1. The van der Waals surface area contributed by atoms with E-state index in [4.69, 9.17) is 28.5 Å². The van der Waals surface area contributed by atoms with Crippen molar-refractivity contribution in [3.05, 3.63) is 33.8 Å². The highest BCUT2D eigenvalue weighted by atomic mass is 79.9.